The first-order valence-corrected chi connectivity index (χ1v) is 11.3. The van der Waals surface area contributed by atoms with E-state index in [9.17, 15) is 4.79 Å². The lowest BCUT2D eigenvalue weighted by Crippen LogP contribution is -2.49. The first kappa shape index (κ1) is 20.7. The van der Waals surface area contributed by atoms with E-state index in [-0.39, 0.29) is 5.91 Å². The molecule has 2 saturated heterocycles. The SMILES string of the molecule is Cc1nc(N2CCN(C)CC2)cc(N2CCN(C(=O)c3cc(Cl)sc3Cl)CC2)n1. The van der Waals surface area contributed by atoms with Crippen molar-refractivity contribution in [3.8, 4) is 0 Å². The van der Waals surface area contributed by atoms with Crippen LogP contribution in [0.15, 0.2) is 12.1 Å². The summed E-state index contributed by atoms with van der Waals surface area (Å²) in [6.07, 6.45) is 0. The van der Waals surface area contributed by atoms with Gasteiger partial charge in [-0.3, -0.25) is 4.79 Å². The molecule has 0 radical (unpaired) electrons. The molecular weight excluding hydrogens is 431 g/mol. The number of rotatable bonds is 3. The van der Waals surface area contributed by atoms with Gasteiger partial charge >= 0.3 is 0 Å². The third-order valence-corrected chi connectivity index (χ3v) is 6.90. The topological polar surface area (TPSA) is 55.8 Å². The highest BCUT2D eigenvalue weighted by Gasteiger charge is 2.26. The summed E-state index contributed by atoms with van der Waals surface area (Å²) < 4.78 is 0.982. The molecule has 156 valence electrons. The summed E-state index contributed by atoms with van der Waals surface area (Å²) in [6.45, 7) is 8.63. The molecule has 2 aliphatic rings. The van der Waals surface area contributed by atoms with Crippen molar-refractivity contribution in [2.24, 2.45) is 0 Å². The number of thiophene rings is 1. The van der Waals surface area contributed by atoms with Crippen molar-refractivity contribution >= 4 is 52.1 Å². The number of hydrogen-bond donors (Lipinski definition) is 0. The standard InChI is InChI=1S/C19H24Cl2N6OS/c1-13-22-16(25-5-3-24(2)4-6-25)12-17(23-13)26-7-9-27(10-8-26)19(28)14-11-15(20)29-18(14)21/h11-12H,3-10H2,1-2H3. The highest BCUT2D eigenvalue weighted by Crippen LogP contribution is 2.32. The molecule has 4 rings (SSSR count). The van der Waals surface area contributed by atoms with Gasteiger partial charge in [-0.25, -0.2) is 9.97 Å². The van der Waals surface area contributed by atoms with E-state index >= 15 is 0 Å². The molecule has 0 unspecified atom stereocenters. The van der Waals surface area contributed by atoms with E-state index in [1.54, 1.807) is 6.07 Å². The van der Waals surface area contributed by atoms with Crippen LogP contribution in [0.1, 0.15) is 16.2 Å². The molecule has 0 N–H and O–H groups in total. The van der Waals surface area contributed by atoms with Crippen LogP contribution >= 0.6 is 34.5 Å². The number of carbonyl (C=O) groups excluding carboxylic acids is 1. The lowest BCUT2D eigenvalue weighted by molar-refractivity contribution is 0.0747. The van der Waals surface area contributed by atoms with Crippen LogP contribution in [0, 0.1) is 6.92 Å². The Hall–Kier alpha value is -1.61. The molecule has 7 nitrogen and oxygen atoms in total. The van der Waals surface area contributed by atoms with Crippen LogP contribution in [-0.2, 0) is 0 Å². The summed E-state index contributed by atoms with van der Waals surface area (Å²) in [5, 5.41) is 0. The van der Waals surface area contributed by atoms with E-state index in [1.807, 2.05) is 11.8 Å². The van der Waals surface area contributed by atoms with Crippen molar-refractivity contribution in [1.82, 2.24) is 19.8 Å². The monoisotopic (exact) mass is 454 g/mol. The van der Waals surface area contributed by atoms with E-state index < -0.39 is 0 Å². The van der Waals surface area contributed by atoms with Gasteiger partial charge in [-0.15, -0.1) is 11.3 Å². The van der Waals surface area contributed by atoms with Crippen LogP contribution in [0.3, 0.4) is 0 Å². The fraction of sp³-hybridized carbons (Fsp3) is 0.526. The van der Waals surface area contributed by atoms with Gasteiger partial charge in [0.05, 0.1) is 9.90 Å². The van der Waals surface area contributed by atoms with E-state index in [4.69, 9.17) is 23.2 Å². The molecule has 0 atom stereocenters. The summed E-state index contributed by atoms with van der Waals surface area (Å²) >= 11 is 13.4. The quantitative estimate of drug-likeness (QED) is 0.710. The third-order valence-electron chi connectivity index (χ3n) is 5.42. The van der Waals surface area contributed by atoms with Crippen molar-refractivity contribution < 1.29 is 4.79 Å². The molecular formula is C19H24Cl2N6OS. The summed E-state index contributed by atoms with van der Waals surface area (Å²) in [7, 11) is 2.14. The van der Waals surface area contributed by atoms with Gasteiger partial charge in [0.1, 0.15) is 21.8 Å². The van der Waals surface area contributed by atoms with E-state index in [2.05, 4.69) is 37.8 Å². The van der Waals surface area contributed by atoms with Gasteiger partial charge in [0, 0.05) is 58.4 Å². The van der Waals surface area contributed by atoms with Gasteiger partial charge < -0.3 is 19.6 Å². The Morgan fingerprint density at radius 3 is 2.00 bits per heavy atom. The van der Waals surface area contributed by atoms with Gasteiger partial charge in [0.25, 0.3) is 5.91 Å². The minimum atomic E-state index is -0.0604. The second kappa shape index (κ2) is 8.63. The molecule has 2 fully saturated rings. The fourth-order valence-electron chi connectivity index (χ4n) is 3.69. The summed E-state index contributed by atoms with van der Waals surface area (Å²) in [5.41, 5.74) is 0.491. The summed E-state index contributed by atoms with van der Waals surface area (Å²) in [4.78, 5) is 30.8. The van der Waals surface area contributed by atoms with Crippen LogP contribution in [0.25, 0.3) is 0 Å². The Balaban J connectivity index is 1.43. The number of aromatic nitrogens is 2. The Kier molecular flexibility index (Phi) is 6.15. The van der Waals surface area contributed by atoms with Crippen LogP contribution < -0.4 is 9.80 Å². The molecule has 0 saturated carbocycles. The Morgan fingerprint density at radius 2 is 1.48 bits per heavy atom. The Labute approximate surface area is 184 Å². The molecule has 29 heavy (non-hydrogen) atoms. The smallest absolute Gasteiger partial charge is 0.256 e. The molecule has 0 spiro atoms. The van der Waals surface area contributed by atoms with Crippen molar-refractivity contribution in [1.29, 1.82) is 0 Å². The van der Waals surface area contributed by atoms with Crippen molar-refractivity contribution in [3.63, 3.8) is 0 Å². The number of likely N-dealkylation sites (N-methyl/N-ethyl adjacent to an activating group) is 1. The number of amides is 1. The highest BCUT2D eigenvalue weighted by atomic mass is 35.5. The number of nitrogens with zero attached hydrogens (tertiary/aromatic N) is 6. The Bertz CT molecular complexity index is 891. The van der Waals surface area contributed by atoms with Crippen LogP contribution in [0.5, 0.6) is 0 Å². The lowest BCUT2D eigenvalue weighted by atomic mass is 10.2. The summed E-state index contributed by atoms with van der Waals surface area (Å²) in [5.74, 6) is 2.62. The van der Waals surface area contributed by atoms with E-state index in [0.29, 0.717) is 27.3 Å². The zero-order valence-corrected chi connectivity index (χ0v) is 18.9. The first-order chi connectivity index (χ1) is 13.9. The number of aryl methyl sites for hydroxylation is 1. The molecule has 0 aromatic carbocycles. The average molecular weight is 455 g/mol. The zero-order valence-electron chi connectivity index (χ0n) is 16.6. The second-order valence-corrected chi connectivity index (χ2v) is 9.72. The second-order valence-electron chi connectivity index (χ2n) is 7.44. The first-order valence-electron chi connectivity index (χ1n) is 9.69. The molecule has 2 aromatic rings. The Morgan fingerprint density at radius 1 is 0.931 bits per heavy atom. The maximum atomic E-state index is 12.8. The highest BCUT2D eigenvalue weighted by molar-refractivity contribution is 7.20. The molecule has 0 aliphatic carbocycles. The number of piperazine rings is 2. The van der Waals surface area contributed by atoms with Crippen molar-refractivity contribution in [2.75, 3.05) is 69.2 Å². The minimum absolute atomic E-state index is 0.0604. The van der Waals surface area contributed by atoms with E-state index in [0.717, 1.165) is 56.7 Å². The normalized spacial score (nSPS) is 18.4. The van der Waals surface area contributed by atoms with Crippen LogP contribution in [-0.4, -0.2) is 85.1 Å². The molecule has 10 heteroatoms. The number of anilines is 2. The fourth-order valence-corrected chi connectivity index (χ4v) is 5.14. The van der Waals surface area contributed by atoms with Crippen LogP contribution in [0.4, 0.5) is 11.6 Å². The van der Waals surface area contributed by atoms with Gasteiger partial charge in [0.15, 0.2) is 0 Å². The van der Waals surface area contributed by atoms with Crippen molar-refractivity contribution in [3.05, 3.63) is 32.2 Å². The predicted octanol–water partition coefficient (Wildman–Crippen LogP) is 2.87. The van der Waals surface area contributed by atoms with Gasteiger partial charge in [-0.1, -0.05) is 23.2 Å². The zero-order chi connectivity index (χ0) is 20.5. The molecule has 4 heterocycles. The average Bonchev–Trinajstić information content (AvgIpc) is 3.05. The van der Waals surface area contributed by atoms with Gasteiger partial charge in [-0.2, -0.15) is 0 Å². The maximum absolute atomic E-state index is 12.8. The number of halogens is 2. The molecule has 2 aromatic heterocycles. The lowest BCUT2D eigenvalue weighted by Gasteiger charge is -2.36. The predicted molar refractivity (Wildman–Crippen MR) is 119 cm³/mol. The molecule has 1 amide bonds. The molecule has 2 aliphatic heterocycles. The number of carbonyl (C=O) groups is 1. The summed E-state index contributed by atoms with van der Waals surface area (Å²) in [6, 6.07) is 3.73. The molecule has 0 bridgehead atoms. The van der Waals surface area contributed by atoms with E-state index in [1.165, 1.54) is 11.3 Å². The third kappa shape index (κ3) is 4.60. The van der Waals surface area contributed by atoms with Crippen molar-refractivity contribution in [2.45, 2.75) is 6.92 Å². The maximum Gasteiger partial charge on any atom is 0.256 e. The largest absolute Gasteiger partial charge is 0.354 e. The van der Waals surface area contributed by atoms with Crippen LogP contribution in [0.2, 0.25) is 8.67 Å². The number of hydrogen-bond acceptors (Lipinski definition) is 7. The van der Waals surface area contributed by atoms with Gasteiger partial charge in [0.2, 0.25) is 0 Å². The van der Waals surface area contributed by atoms with Gasteiger partial charge in [-0.05, 0) is 20.0 Å². The minimum Gasteiger partial charge on any atom is -0.354 e.